The number of hydrogen-bond donors (Lipinski definition) is 0. The third-order valence-electron chi connectivity index (χ3n) is 2.77. The van der Waals surface area contributed by atoms with Gasteiger partial charge in [0, 0.05) is 12.3 Å². The maximum absolute atomic E-state index is 11.6. The van der Waals surface area contributed by atoms with E-state index in [1.807, 2.05) is 13.8 Å². The van der Waals surface area contributed by atoms with Gasteiger partial charge in [-0.05, 0) is 19.3 Å². The molecule has 1 saturated carbocycles. The van der Waals surface area contributed by atoms with Crippen molar-refractivity contribution in [1.29, 1.82) is 0 Å². The van der Waals surface area contributed by atoms with E-state index < -0.39 is 0 Å². The summed E-state index contributed by atoms with van der Waals surface area (Å²) in [5.74, 6) is 0.236. The summed E-state index contributed by atoms with van der Waals surface area (Å²) in [4.78, 5) is 22.9. The first kappa shape index (κ1) is 9.43. The molecule has 0 aromatic carbocycles. The van der Waals surface area contributed by atoms with Crippen LogP contribution in [0.3, 0.4) is 0 Å². The van der Waals surface area contributed by atoms with Crippen LogP contribution in [-0.2, 0) is 9.59 Å². The molecule has 0 aromatic rings. The Morgan fingerprint density at radius 3 is 2.42 bits per heavy atom. The van der Waals surface area contributed by atoms with Crippen molar-refractivity contribution in [3.63, 3.8) is 0 Å². The Balaban J connectivity index is 2.70. The first-order valence-electron chi connectivity index (χ1n) is 4.77. The fourth-order valence-electron chi connectivity index (χ4n) is 1.91. The van der Waals surface area contributed by atoms with E-state index in [2.05, 4.69) is 0 Å². The number of hydrogen-bond acceptors (Lipinski definition) is 2. The van der Waals surface area contributed by atoms with Crippen molar-refractivity contribution in [3.05, 3.63) is 0 Å². The van der Waals surface area contributed by atoms with Crippen LogP contribution in [-0.4, -0.2) is 11.6 Å². The van der Waals surface area contributed by atoms with Crippen molar-refractivity contribution in [2.24, 2.45) is 11.8 Å². The normalized spacial score (nSPS) is 30.8. The highest BCUT2D eigenvalue weighted by molar-refractivity contribution is 6.05. The molecule has 0 aromatic heterocycles. The molecule has 0 N–H and O–H groups in total. The predicted octanol–water partition coefficient (Wildman–Crippen LogP) is 1.97. The van der Waals surface area contributed by atoms with Gasteiger partial charge in [-0.25, -0.2) is 0 Å². The van der Waals surface area contributed by atoms with Crippen LogP contribution in [0.4, 0.5) is 0 Å². The highest BCUT2D eigenvalue weighted by Crippen LogP contribution is 2.26. The lowest BCUT2D eigenvalue weighted by molar-refractivity contribution is -0.139. The van der Waals surface area contributed by atoms with Crippen LogP contribution in [0.1, 0.15) is 39.5 Å². The molecule has 0 saturated heterocycles. The van der Waals surface area contributed by atoms with E-state index in [-0.39, 0.29) is 23.4 Å². The molecule has 12 heavy (non-hydrogen) atoms. The lowest BCUT2D eigenvalue weighted by Gasteiger charge is -2.24. The molecule has 0 amide bonds. The second kappa shape index (κ2) is 3.83. The van der Waals surface area contributed by atoms with Crippen LogP contribution in [0.5, 0.6) is 0 Å². The van der Waals surface area contributed by atoms with Crippen molar-refractivity contribution in [3.8, 4) is 0 Å². The number of ketones is 2. The second-order valence-electron chi connectivity index (χ2n) is 3.47. The van der Waals surface area contributed by atoms with Gasteiger partial charge in [-0.2, -0.15) is 0 Å². The summed E-state index contributed by atoms with van der Waals surface area (Å²) in [5.41, 5.74) is 0. The average Bonchev–Trinajstić information content (AvgIpc) is 2.06. The zero-order valence-corrected chi connectivity index (χ0v) is 7.80. The zero-order chi connectivity index (χ0) is 9.14. The molecule has 2 nitrogen and oxygen atoms in total. The molecule has 1 rings (SSSR count). The zero-order valence-electron chi connectivity index (χ0n) is 7.80. The summed E-state index contributed by atoms with van der Waals surface area (Å²) in [7, 11) is 0. The summed E-state index contributed by atoms with van der Waals surface area (Å²) < 4.78 is 0. The SMILES string of the molecule is CCC1CCC(=O)C(CC)C1=O. The van der Waals surface area contributed by atoms with E-state index in [0.29, 0.717) is 12.8 Å². The monoisotopic (exact) mass is 168 g/mol. The third-order valence-corrected chi connectivity index (χ3v) is 2.77. The molecule has 0 heterocycles. The fraction of sp³-hybridized carbons (Fsp3) is 0.800. The molecule has 0 radical (unpaired) electrons. The smallest absolute Gasteiger partial charge is 0.146 e. The standard InChI is InChI=1S/C10H16O2/c1-3-7-5-6-9(11)8(4-2)10(7)12/h7-8H,3-6H2,1-2H3. The number of carbonyl (C=O) groups excluding carboxylic acids is 2. The lowest BCUT2D eigenvalue weighted by atomic mass is 9.77. The summed E-state index contributed by atoms with van der Waals surface area (Å²) in [6, 6.07) is 0. The molecule has 0 spiro atoms. The largest absolute Gasteiger partial charge is 0.299 e. The molecule has 2 heteroatoms. The Hall–Kier alpha value is -0.660. The van der Waals surface area contributed by atoms with Crippen LogP contribution >= 0.6 is 0 Å². The van der Waals surface area contributed by atoms with E-state index in [0.717, 1.165) is 12.8 Å². The van der Waals surface area contributed by atoms with Crippen LogP contribution in [0, 0.1) is 11.8 Å². The van der Waals surface area contributed by atoms with Gasteiger partial charge in [-0.1, -0.05) is 13.8 Å². The van der Waals surface area contributed by atoms with Crippen molar-refractivity contribution < 1.29 is 9.59 Å². The van der Waals surface area contributed by atoms with Gasteiger partial charge in [0.1, 0.15) is 11.6 Å². The minimum atomic E-state index is -0.274. The van der Waals surface area contributed by atoms with Gasteiger partial charge >= 0.3 is 0 Å². The van der Waals surface area contributed by atoms with Gasteiger partial charge in [0.25, 0.3) is 0 Å². The summed E-state index contributed by atoms with van der Waals surface area (Å²) in [6.07, 6.45) is 2.98. The van der Waals surface area contributed by atoms with E-state index in [1.165, 1.54) is 0 Å². The second-order valence-corrected chi connectivity index (χ2v) is 3.47. The molecule has 68 valence electrons. The molecule has 2 atom stereocenters. The Kier molecular flexibility index (Phi) is 3.01. The quantitative estimate of drug-likeness (QED) is 0.591. The Morgan fingerprint density at radius 1 is 1.25 bits per heavy atom. The molecule has 2 unspecified atom stereocenters. The first-order chi connectivity index (χ1) is 5.70. The van der Waals surface area contributed by atoms with E-state index in [4.69, 9.17) is 0 Å². The van der Waals surface area contributed by atoms with Crippen LogP contribution < -0.4 is 0 Å². The fourth-order valence-corrected chi connectivity index (χ4v) is 1.91. The predicted molar refractivity (Wildman–Crippen MR) is 46.8 cm³/mol. The van der Waals surface area contributed by atoms with E-state index >= 15 is 0 Å². The van der Waals surface area contributed by atoms with Gasteiger partial charge in [-0.15, -0.1) is 0 Å². The van der Waals surface area contributed by atoms with Crippen LogP contribution in [0.2, 0.25) is 0 Å². The summed E-state index contributed by atoms with van der Waals surface area (Å²) in [6.45, 7) is 3.93. The average molecular weight is 168 g/mol. The Labute approximate surface area is 73.3 Å². The molecular weight excluding hydrogens is 152 g/mol. The Morgan fingerprint density at radius 2 is 1.92 bits per heavy atom. The third kappa shape index (κ3) is 1.57. The van der Waals surface area contributed by atoms with Gasteiger partial charge < -0.3 is 0 Å². The van der Waals surface area contributed by atoms with Gasteiger partial charge in [0.15, 0.2) is 0 Å². The van der Waals surface area contributed by atoms with Crippen LogP contribution in [0.15, 0.2) is 0 Å². The minimum absolute atomic E-state index is 0.159. The van der Waals surface area contributed by atoms with Gasteiger partial charge in [0.05, 0.1) is 5.92 Å². The number of rotatable bonds is 2. The minimum Gasteiger partial charge on any atom is -0.299 e. The summed E-state index contributed by atoms with van der Waals surface area (Å²) in [5, 5.41) is 0. The van der Waals surface area contributed by atoms with E-state index in [9.17, 15) is 9.59 Å². The lowest BCUT2D eigenvalue weighted by Crippen LogP contribution is -2.34. The molecule has 1 aliphatic carbocycles. The maximum Gasteiger partial charge on any atom is 0.146 e. The van der Waals surface area contributed by atoms with Crippen molar-refractivity contribution in [2.75, 3.05) is 0 Å². The van der Waals surface area contributed by atoms with Crippen molar-refractivity contribution >= 4 is 11.6 Å². The van der Waals surface area contributed by atoms with Crippen LogP contribution in [0.25, 0.3) is 0 Å². The molecule has 1 fully saturated rings. The first-order valence-corrected chi connectivity index (χ1v) is 4.77. The highest BCUT2D eigenvalue weighted by Gasteiger charge is 2.34. The topological polar surface area (TPSA) is 34.1 Å². The highest BCUT2D eigenvalue weighted by atomic mass is 16.2. The van der Waals surface area contributed by atoms with Gasteiger partial charge in [0.2, 0.25) is 0 Å². The Bertz CT molecular complexity index is 196. The molecule has 0 bridgehead atoms. The number of Topliss-reactive ketones (excluding diaryl/α,β-unsaturated/α-hetero) is 2. The van der Waals surface area contributed by atoms with E-state index in [1.54, 1.807) is 0 Å². The molecule has 0 aliphatic heterocycles. The van der Waals surface area contributed by atoms with Crippen molar-refractivity contribution in [1.82, 2.24) is 0 Å². The maximum atomic E-state index is 11.6. The molecular formula is C10H16O2. The number of carbonyl (C=O) groups is 2. The van der Waals surface area contributed by atoms with Crippen molar-refractivity contribution in [2.45, 2.75) is 39.5 Å². The van der Waals surface area contributed by atoms with Gasteiger partial charge in [-0.3, -0.25) is 9.59 Å². The molecule has 1 aliphatic rings. The summed E-state index contributed by atoms with van der Waals surface area (Å²) >= 11 is 0.